The van der Waals surface area contributed by atoms with E-state index in [1.165, 1.54) is 13.0 Å². The van der Waals surface area contributed by atoms with E-state index in [1.54, 1.807) is 0 Å². The van der Waals surface area contributed by atoms with E-state index in [4.69, 9.17) is 28.4 Å². The highest BCUT2D eigenvalue weighted by Gasteiger charge is 2.52. The first-order chi connectivity index (χ1) is 13.1. The third-order valence-electron chi connectivity index (χ3n) is 3.44. The maximum absolute atomic E-state index is 11.6. The summed E-state index contributed by atoms with van der Waals surface area (Å²) in [5.41, 5.74) is 2.51. The summed E-state index contributed by atoms with van der Waals surface area (Å²) in [4.78, 5) is 45.9. The molecular formula is C18H24O10. The molecular weight excluding hydrogens is 376 g/mol. The zero-order chi connectivity index (χ0) is 21.3. The highest BCUT2D eigenvalue weighted by Crippen LogP contribution is 2.29. The minimum atomic E-state index is -1.25. The van der Waals surface area contributed by atoms with Crippen molar-refractivity contribution in [1.29, 1.82) is 0 Å². The van der Waals surface area contributed by atoms with Crippen molar-refractivity contribution in [3.63, 3.8) is 0 Å². The second kappa shape index (κ2) is 11.2. The Labute approximate surface area is 162 Å². The van der Waals surface area contributed by atoms with E-state index in [0.29, 0.717) is 0 Å². The van der Waals surface area contributed by atoms with Crippen molar-refractivity contribution in [2.45, 2.75) is 58.4 Å². The van der Waals surface area contributed by atoms with Gasteiger partial charge in [-0.3, -0.25) is 19.2 Å². The first kappa shape index (κ1) is 23.4. The Morgan fingerprint density at radius 1 is 0.893 bits per heavy atom. The van der Waals surface area contributed by atoms with E-state index in [-0.39, 0.29) is 13.2 Å². The van der Waals surface area contributed by atoms with Gasteiger partial charge in [-0.1, -0.05) is 6.58 Å². The molecule has 1 saturated heterocycles. The summed E-state index contributed by atoms with van der Waals surface area (Å²) in [5, 5.41) is 0. The molecule has 0 N–H and O–H groups in total. The van der Waals surface area contributed by atoms with Crippen LogP contribution in [0.25, 0.3) is 0 Å². The van der Waals surface area contributed by atoms with Crippen LogP contribution < -0.4 is 0 Å². The van der Waals surface area contributed by atoms with Crippen LogP contribution >= 0.6 is 0 Å². The van der Waals surface area contributed by atoms with Gasteiger partial charge >= 0.3 is 23.9 Å². The molecule has 0 spiro atoms. The number of hydrogen-bond donors (Lipinski definition) is 0. The lowest BCUT2D eigenvalue weighted by Crippen LogP contribution is -2.62. The SMILES string of the molecule is C=C=CCO[C@@H]1O[C@H](COC(C)=O)[C@@H](OC(C)=O)[C@H](OC(C)=O)[C@H]1OC(C)=O. The van der Waals surface area contributed by atoms with Gasteiger partial charge in [-0.15, -0.1) is 5.73 Å². The van der Waals surface area contributed by atoms with Gasteiger partial charge in [-0.05, 0) is 6.08 Å². The normalized spacial score (nSPS) is 26.4. The molecule has 5 atom stereocenters. The van der Waals surface area contributed by atoms with Crippen LogP contribution in [0, 0.1) is 0 Å². The van der Waals surface area contributed by atoms with Gasteiger partial charge in [0.1, 0.15) is 12.7 Å². The summed E-state index contributed by atoms with van der Waals surface area (Å²) < 4.78 is 31.9. The number of esters is 4. The molecule has 0 aromatic rings. The van der Waals surface area contributed by atoms with Crippen LogP contribution in [0.4, 0.5) is 0 Å². The van der Waals surface area contributed by atoms with Crippen LogP contribution in [-0.4, -0.2) is 67.8 Å². The second-order valence-corrected chi connectivity index (χ2v) is 5.81. The van der Waals surface area contributed by atoms with Crippen molar-refractivity contribution in [2.24, 2.45) is 0 Å². The highest BCUT2D eigenvalue weighted by molar-refractivity contribution is 5.68. The van der Waals surface area contributed by atoms with Gasteiger partial charge < -0.3 is 28.4 Å². The molecule has 10 nitrogen and oxygen atoms in total. The van der Waals surface area contributed by atoms with Crippen LogP contribution in [0.2, 0.25) is 0 Å². The van der Waals surface area contributed by atoms with Crippen molar-refractivity contribution >= 4 is 23.9 Å². The topological polar surface area (TPSA) is 124 Å². The first-order valence-electron chi connectivity index (χ1n) is 8.42. The molecule has 1 heterocycles. The second-order valence-electron chi connectivity index (χ2n) is 5.81. The molecule has 0 unspecified atom stereocenters. The fraction of sp³-hybridized carbons (Fsp3) is 0.611. The van der Waals surface area contributed by atoms with E-state index >= 15 is 0 Å². The van der Waals surface area contributed by atoms with Crippen molar-refractivity contribution in [1.82, 2.24) is 0 Å². The standard InChI is InChI=1S/C18H24O10/c1-6-7-8-23-18-17(27-13(5)22)16(26-12(4)21)15(25-11(3)20)14(28-18)9-24-10(2)19/h7,14-18H,1,8-9H2,2-5H3/t14-,15-,16+,17-,18-/m1/s1. The average molecular weight is 400 g/mol. The third kappa shape index (κ3) is 7.51. The van der Waals surface area contributed by atoms with Crippen LogP contribution in [0.5, 0.6) is 0 Å². The van der Waals surface area contributed by atoms with Gasteiger partial charge in [-0.2, -0.15) is 0 Å². The maximum Gasteiger partial charge on any atom is 0.303 e. The van der Waals surface area contributed by atoms with Crippen LogP contribution in [0.1, 0.15) is 27.7 Å². The predicted octanol–water partition coefficient (Wildman–Crippen LogP) is 0.427. The number of rotatable bonds is 8. The predicted molar refractivity (Wildman–Crippen MR) is 91.6 cm³/mol. The number of carbonyl (C=O) groups is 4. The smallest absolute Gasteiger partial charge is 0.303 e. The third-order valence-corrected chi connectivity index (χ3v) is 3.44. The van der Waals surface area contributed by atoms with E-state index in [2.05, 4.69) is 12.3 Å². The minimum Gasteiger partial charge on any atom is -0.463 e. The van der Waals surface area contributed by atoms with E-state index in [9.17, 15) is 19.2 Å². The zero-order valence-corrected chi connectivity index (χ0v) is 16.2. The molecule has 0 amide bonds. The van der Waals surface area contributed by atoms with Gasteiger partial charge in [0.2, 0.25) is 0 Å². The van der Waals surface area contributed by atoms with Crippen LogP contribution in [0.3, 0.4) is 0 Å². The molecule has 0 aliphatic carbocycles. The monoisotopic (exact) mass is 400 g/mol. The molecule has 1 aliphatic rings. The Morgan fingerprint density at radius 3 is 1.93 bits per heavy atom. The van der Waals surface area contributed by atoms with E-state index < -0.39 is 54.6 Å². The molecule has 1 aliphatic heterocycles. The zero-order valence-electron chi connectivity index (χ0n) is 16.2. The van der Waals surface area contributed by atoms with Crippen LogP contribution in [-0.2, 0) is 47.6 Å². The molecule has 10 heteroatoms. The lowest BCUT2D eigenvalue weighted by atomic mass is 9.98. The maximum atomic E-state index is 11.6. The van der Waals surface area contributed by atoms with Crippen molar-refractivity contribution in [3.8, 4) is 0 Å². The summed E-state index contributed by atoms with van der Waals surface area (Å²) >= 11 is 0. The summed E-state index contributed by atoms with van der Waals surface area (Å²) in [6.07, 6.45) is -4.49. The highest BCUT2D eigenvalue weighted by atomic mass is 16.7. The van der Waals surface area contributed by atoms with Crippen molar-refractivity contribution in [3.05, 3.63) is 18.4 Å². The lowest BCUT2D eigenvalue weighted by molar-refractivity contribution is -0.305. The van der Waals surface area contributed by atoms with Crippen molar-refractivity contribution < 1.29 is 47.6 Å². The Balaban J connectivity index is 3.26. The summed E-state index contributed by atoms with van der Waals surface area (Å²) in [6, 6.07) is 0. The molecule has 0 aromatic heterocycles. The van der Waals surface area contributed by atoms with Gasteiger partial charge in [0, 0.05) is 27.7 Å². The summed E-state index contributed by atoms with van der Waals surface area (Å²) in [7, 11) is 0. The quantitative estimate of drug-likeness (QED) is 0.322. The van der Waals surface area contributed by atoms with Gasteiger partial charge in [0.15, 0.2) is 24.6 Å². The fourth-order valence-corrected chi connectivity index (χ4v) is 2.52. The molecule has 28 heavy (non-hydrogen) atoms. The molecule has 0 radical (unpaired) electrons. The molecule has 0 bridgehead atoms. The molecule has 1 rings (SSSR count). The van der Waals surface area contributed by atoms with Crippen molar-refractivity contribution in [2.75, 3.05) is 13.2 Å². The van der Waals surface area contributed by atoms with Crippen LogP contribution in [0.15, 0.2) is 18.4 Å². The first-order valence-corrected chi connectivity index (χ1v) is 8.42. The molecule has 0 aromatic carbocycles. The summed E-state index contributed by atoms with van der Waals surface area (Å²) in [5.74, 6) is -2.70. The minimum absolute atomic E-state index is 0.00274. The van der Waals surface area contributed by atoms with E-state index in [1.807, 2.05) is 0 Å². The average Bonchev–Trinajstić information content (AvgIpc) is 2.57. The molecule has 156 valence electrons. The molecule has 0 saturated carbocycles. The van der Waals surface area contributed by atoms with Gasteiger partial charge in [0.25, 0.3) is 0 Å². The Bertz CT molecular complexity index is 604. The van der Waals surface area contributed by atoms with Gasteiger partial charge in [0.05, 0.1) is 6.61 Å². The number of hydrogen-bond acceptors (Lipinski definition) is 10. The molecule has 1 fully saturated rings. The van der Waals surface area contributed by atoms with Gasteiger partial charge in [-0.25, -0.2) is 0 Å². The largest absolute Gasteiger partial charge is 0.463 e. The number of carbonyl (C=O) groups excluding carboxylic acids is 4. The Morgan fingerprint density at radius 2 is 1.43 bits per heavy atom. The number of ether oxygens (including phenoxy) is 6. The fourth-order valence-electron chi connectivity index (χ4n) is 2.52. The lowest BCUT2D eigenvalue weighted by Gasteiger charge is -2.43. The summed E-state index contributed by atoms with van der Waals surface area (Å²) in [6.45, 7) is 7.72. The Kier molecular flexibility index (Phi) is 9.37. The van der Waals surface area contributed by atoms with E-state index in [0.717, 1.165) is 20.8 Å². The Hall–Kier alpha value is -2.68.